The number of carbonyl (C=O) groups excluding carboxylic acids is 1. The van der Waals surface area contributed by atoms with Crippen LogP contribution >= 0.6 is 0 Å². The topological polar surface area (TPSA) is 111 Å². The normalized spacial score (nSPS) is 31.2. The highest BCUT2D eigenvalue weighted by Crippen LogP contribution is 2.43. The van der Waals surface area contributed by atoms with E-state index >= 15 is 0 Å². The van der Waals surface area contributed by atoms with Crippen molar-refractivity contribution in [2.75, 3.05) is 20.3 Å². The Bertz CT molecular complexity index is 389. The molecule has 0 radical (unpaired) electrons. The summed E-state index contributed by atoms with van der Waals surface area (Å²) in [5.41, 5.74) is 6.43. The zero-order valence-corrected chi connectivity index (χ0v) is 16.5. The third kappa shape index (κ3) is 5.89. The Morgan fingerprint density at radius 1 is 1.19 bits per heavy atom. The maximum atomic E-state index is 11.2. The summed E-state index contributed by atoms with van der Waals surface area (Å²) in [6, 6.07) is -0.231. The fraction of sp³-hybridized carbons (Fsp3) is 0.947. The average molecular weight is 376 g/mol. The van der Waals surface area contributed by atoms with Gasteiger partial charge < -0.3 is 30.2 Å². The van der Waals surface area contributed by atoms with Gasteiger partial charge in [-0.2, -0.15) is 0 Å². The van der Waals surface area contributed by atoms with Crippen molar-refractivity contribution >= 4 is 5.97 Å². The first-order valence-electron chi connectivity index (χ1n) is 9.96. The number of carbonyl (C=O) groups is 1. The Morgan fingerprint density at radius 3 is 2.38 bits per heavy atom. The number of aliphatic hydroxyl groups is 2. The maximum Gasteiger partial charge on any atom is 0.305 e. The van der Waals surface area contributed by atoms with Crippen LogP contribution in [0.2, 0.25) is 0 Å². The van der Waals surface area contributed by atoms with Crippen molar-refractivity contribution in [2.24, 2.45) is 11.7 Å². The van der Waals surface area contributed by atoms with Crippen molar-refractivity contribution in [1.29, 1.82) is 0 Å². The summed E-state index contributed by atoms with van der Waals surface area (Å²) in [4.78, 5) is 11.2. The minimum Gasteiger partial charge on any atom is -0.465 e. The van der Waals surface area contributed by atoms with Gasteiger partial charge >= 0.3 is 5.97 Å². The van der Waals surface area contributed by atoms with Crippen LogP contribution < -0.4 is 5.73 Å². The molecule has 0 bridgehead atoms. The SMILES string of the molecule is CC.CO.NC(C1OC2(CCCCC2)OC1CCO)[C@H]1CCC(=O)OC1. The molecule has 3 rings (SSSR count). The van der Waals surface area contributed by atoms with Crippen molar-refractivity contribution in [2.45, 2.75) is 89.3 Å². The van der Waals surface area contributed by atoms with Gasteiger partial charge in [-0.25, -0.2) is 0 Å². The highest BCUT2D eigenvalue weighted by molar-refractivity contribution is 5.70. The van der Waals surface area contributed by atoms with Gasteiger partial charge in [0.25, 0.3) is 0 Å². The molecule has 1 spiro atoms. The molecule has 2 heterocycles. The van der Waals surface area contributed by atoms with E-state index in [2.05, 4.69) is 0 Å². The van der Waals surface area contributed by atoms with E-state index in [1.54, 1.807) is 0 Å². The van der Waals surface area contributed by atoms with Gasteiger partial charge in [-0.05, 0) is 25.7 Å². The summed E-state index contributed by atoms with van der Waals surface area (Å²) in [6.07, 6.45) is 6.52. The van der Waals surface area contributed by atoms with Gasteiger partial charge in [0.1, 0.15) is 6.10 Å². The van der Waals surface area contributed by atoms with E-state index in [1.165, 1.54) is 6.42 Å². The number of cyclic esters (lactones) is 1. The average Bonchev–Trinajstić information content (AvgIpc) is 3.03. The van der Waals surface area contributed by atoms with E-state index in [0.717, 1.165) is 39.2 Å². The number of ether oxygens (including phenoxy) is 3. The largest absolute Gasteiger partial charge is 0.465 e. The lowest BCUT2D eigenvalue weighted by atomic mass is 9.88. The molecular weight excluding hydrogens is 338 g/mol. The van der Waals surface area contributed by atoms with Crippen LogP contribution in [0.3, 0.4) is 0 Å². The van der Waals surface area contributed by atoms with Crippen LogP contribution in [0.4, 0.5) is 0 Å². The highest BCUT2D eigenvalue weighted by atomic mass is 16.8. The molecule has 7 heteroatoms. The molecule has 26 heavy (non-hydrogen) atoms. The zero-order valence-electron chi connectivity index (χ0n) is 16.5. The van der Waals surface area contributed by atoms with Crippen molar-refractivity contribution in [3.05, 3.63) is 0 Å². The molecule has 2 saturated heterocycles. The van der Waals surface area contributed by atoms with Crippen LogP contribution in [-0.4, -0.2) is 60.5 Å². The zero-order chi connectivity index (χ0) is 19.6. The van der Waals surface area contributed by atoms with E-state index in [9.17, 15) is 9.90 Å². The van der Waals surface area contributed by atoms with Crippen LogP contribution in [0.5, 0.6) is 0 Å². The standard InChI is InChI=1S/C16H27NO5.C2H6.CH4O/c17-14(11-4-5-13(19)20-10-11)15-12(6-9-18)21-16(22-15)7-2-1-3-8-16;2*1-2/h11-12,14-15,18H,1-10,17H2;1-2H3;2H,1H3/t11-,12?,14?,15?;;/m0../s1. The Morgan fingerprint density at radius 2 is 1.85 bits per heavy atom. The second-order valence-electron chi connectivity index (χ2n) is 6.78. The lowest BCUT2D eigenvalue weighted by molar-refractivity contribution is -0.197. The Kier molecular flexibility index (Phi) is 10.6. The third-order valence-corrected chi connectivity index (χ3v) is 5.21. The molecule has 3 fully saturated rings. The van der Waals surface area contributed by atoms with E-state index in [4.69, 9.17) is 25.1 Å². The lowest BCUT2D eigenvalue weighted by Gasteiger charge is -2.34. The van der Waals surface area contributed by atoms with Gasteiger partial charge in [0, 0.05) is 44.9 Å². The van der Waals surface area contributed by atoms with Crippen molar-refractivity contribution < 1.29 is 29.2 Å². The van der Waals surface area contributed by atoms with Crippen molar-refractivity contribution in [3.63, 3.8) is 0 Å². The van der Waals surface area contributed by atoms with Gasteiger partial charge in [-0.3, -0.25) is 4.79 Å². The van der Waals surface area contributed by atoms with Crippen LogP contribution in [0, 0.1) is 5.92 Å². The van der Waals surface area contributed by atoms with Gasteiger partial charge in [0.15, 0.2) is 5.79 Å². The molecule has 3 aliphatic rings. The number of hydrogen-bond donors (Lipinski definition) is 3. The molecule has 7 nitrogen and oxygen atoms in total. The molecule has 0 aromatic carbocycles. The Balaban J connectivity index is 0.000000791. The summed E-state index contributed by atoms with van der Waals surface area (Å²) < 4.78 is 17.6. The highest BCUT2D eigenvalue weighted by Gasteiger charge is 2.50. The summed E-state index contributed by atoms with van der Waals surface area (Å²) in [6.45, 7) is 4.42. The Hall–Kier alpha value is -0.730. The Labute approximate surface area is 157 Å². The van der Waals surface area contributed by atoms with Crippen LogP contribution in [0.1, 0.15) is 65.2 Å². The number of nitrogens with two attached hydrogens (primary N) is 1. The number of hydrogen-bond acceptors (Lipinski definition) is 7. The van der Waals surface area contributed by atoms with Crippen molar-refractivity contribution in [3.8, 4) is 0 Å². The first-order valence-corrected chi connectivity index (χ1v) is 9.96. The molecule has 3 unspecified atom stereocenters. The van der Waals surface area contributed by atoms with Crippen molar-refractivity contribution in [1.82, 2.24) is 0 Å². The van der Waals surface area contributed by atoms with E-state index < -0.39 is 5.79 Å². The third-order valence-electron chi connectivity index (χ3n) is 5.21. The quantitative estimate of drug-likeness (QED) is 0.642. The number of esters is 1. The molecular formula is C19H37NO6. The molecule has 2 aliphatic heterocycles. The molecule has 1 aliphatic carbocycles. The van der Waals surface area contributed by atoms with Crippen LogP contribution in [-0.2, 0) is 19.0 Å². The predicted molar refractivity (Wildman–Crippen MR) is 98.4 cm³/mol. The molecule has 4 N–H and O–H groups in total. The minimum absolute atomic E-state index is 0.0625. The molecule has 0 aromatic rings. The summed E-state index contributed by atoms with van der Waals surface area (Å²) in [5, 5.41) is 16.3. The van der Waals surface area contributed by atoms with Gasteiger partial charge in [-0.15, -0.1) is 0 Å². The number of aliphatic hydroxyl groups excluding tert-OH is 2. The molecule has 1 saturated carbocycles. The van der Waals surface area contributed by atoms with Gasteiger partial charge in [0.2, 0.25) is 0 Å². The minimum atomic E-state index is -0.508. The first-order chi connectivity index (χ1) is 12.6. The summed E-state index contributed by atoms with van der Waals surface area (Å²) in [7, 11) is 1.00. The second-order valence-corrected chi connectivity index (χ2v) is 6.78. The summed E-state index contributed by atoms with van der Waals surface area (Å²) in [5.74, 6) is -0.556. The summed E-state index contributed by atoms with van der Waals surface area (Å²) >= 11 is 0. The lowest BCUT2D eigenvalue weighted by Crippen LogP contribution is -2.49. The van der Waals surface area contributed by atoms with Crippen LogP contribution in [0.15, 0.2) is 0 Å². The smallest absolute Gasteiger partial charge is 0.305 e. The van der Waals surface area contributed by atoms with E-state index in [0.29, 0.717) is 19.4 Å². The number of rotatable bonds is 4. The fourth-order valence-corrected chi connectivity index (χ4v) is 3.93. The van der Waals surface area contributed by atoms with E-state index in [1.807, 2.05) is 13.8 Å². The van der Waals surface area contributed by atoms with Gasteiger partial charge in [-0.1, -0.05) is 20.3 Å². The second kappa shape index (κ2) is 11.9. The van der Waals surface area contributed by atoms with Gasteiger partial charge in [0.05, 0.1) is 12.7 Å². The molecule has 4 atom stereocenters. The monoisotopic (exact) mass is 375 g/mol. The van der Waals surface area contributed by atoms with Crippen LogP contribution in [0.25, 0.3) is 0 Å². The maximum absolute atomic E-state index is 11.2. The first kappa shape index (κ1) is 23.3. The molecule has 0 amide bonds. The fourth-order valence-electron chi connectivity index (χ4n) is 3.93. The molecule has 154 valence electrons. The molecule has 0 aromatic heterocycles. The predicted octanol–water partition coefficient (Wildman–Crippen LogP) is 1.73. The van der Waals surface area contributed by atoms with E-state index in [-0.39, 0.29) is 36.7 Å².